The van der Waals surface area contributed by atoms with E-state index in [1.54, 1.807) is 12.1 Å². The molecule has 3 heteroatoms. The Kier molecular flexibility index (Phi) is 6.83. The summed E-state index contributed by atoms with van der Waals surface area (Å²) in [5.41, 5.74) is 2.76. The first-order valence-corrected chi connectivity index (χ1v) is 7.85. The van der Waals surface area contributed by atoms with Crippen LogP contribution in [-0.2, 0) is 0 Å². The Morgan fingerprint density at radius 2 is 1.48 bits per heavy atom. The largest absolute Gasteiger partial charge is 0.508 e. The van der Waals surface area contributed by atoms with E-state index in [-0.39, 0.29) is 11.2 Å². The Bertz CT molecular complexity index is 703. The Morgan fingerprint density at radius 1 is 0.826 bits per heavy atom. The third-order valence-corrected chi connectivity index (χ3v) is 3.57. The van der Waals surface area contributed by atoms with Gasteiger partial charge in [0, 0.05) is 0 Å². The van der Waals surface area contributed by atoms with E-state index in [2.05, 4.69) is 13.8 Å². The molecule has 0 saturated heterocycles. The van der Waals surface area contributed by atoms with Crippen LogP contribution in [0.1, 0.15) is 56.2 Å². The molecule has 0 heterocycles. The van der Waals surface area contributed by atoms with Crippen molar-refractivity contribution >= 4 is 0 Å². The van der Waals surface area contributed by atoms with Crippen molar-refractivity contribution in [1.29, 1.82) is 0 Å². The predicted octanol–water partition coefficient (Wildman–Crippen LogP) is 4.70. The highest BCUT2D eigenvalue weighted by molar-refractivity contribution is 5.37. The zero-order valence-corrected chi connectivity index (χ0v) is 14.5. The normalized spacial score (nSPS) is 10.4. The second-order valence-electron chi connectivity index (χ2n) is 6.29. The molecular weight excluding hydrogens is 288 g/mol. The molecule has 0 aliphatic rings. The number of aromatic hydroxyl groups is 2. The summed E-state index contributed by atoms with van der Waals surface area (Å²) in [6.45, 7) is 10.1. The number of aryl methyl sites for hydroxylation is 1. The maximum Gasteiger partial charge on any atom is 0.220 e. The van der Waals surface area contributed by atoms with Crippen LogP contribution in [0.2, 0.25) is 0 Å². The SMILES string of the molecule is CC(C)c1cccc(O)c(=O)c1.Cc1ccc(C(C)C)c(O)c1. The average molecular weight is 314 g/mol. The molecule has 3 nitrogen and oxygen atoms in total. The number of phenols is 1. The predicted molar refractivity (Wildman–Crippen MR) is 95.4 cm³/mol. The number of hydrogen-bond donors (Lipinski definition) is 2. The zero-order valence-electron chi connectivity index (χ0n) is 14.5. The lowest BCUT2D eigenvalue weighted by molar-refractivity contribution is 0.464. The van der Waals surface area contributed by atoms with E-state index < -0.39 is 0 Å². The van der Waals surface area contributed by atoms with Crippen molar-refractivity contribution in [3.05, 3.63) is 69.4 Å². The van der Waals surface area contributed by atoms with Crippen molar-refractivity contribution < 1.29 is 10.2 Å². The molecular formula is C20H26O3. The van der Waals surface area contributed by atoms with Crippen molar-refractivity contribution in [3.8, 4) is 11.5 Å². The summed E-state index contributed by atoms with van der Waals surface area (Å²) in [5, 5.41) is 18.5. The molecule has 0 bridgehead atoms. The smallest absolute Gasteiger partial charge is 0.220 e. The van der Waals surface area contributed by atoms with Gasteiger partial charge in [-0.1, -0.05) is 52.0 Å². The highest BCUT2D eigenvalue weighted by Gasteiger charge is 2.04. The molecule has 2 aromatic carbocycles. The minimum Gasteiger partial charge on any atom is -0.508 e. The molecule has 2 aromatic rings. The minimum absolute atomic E-state index is 0.193. The van der Waals surface area contributed by atoms with Gasteiger partial charge in [-0.3, -0.25) is 4.79 Å². The fraction of sp³-hybridized carbons (Fsp3) is 0.350. The zero-order chi connectivity index (χ0) is 17.6. The third kappa shape index (κ3) is 5.78. The first-order chi connectivity index (χ1) is 10.7. The molecule has 0 aromatic heterocycles. The first kappa shape index (κ1) is 18.8. The Hall–Kier alpha value is -2.29. The summed E-state index contributed by atoms with van der Waals surface area (Å²) < 4.78 is 0. The molecule has 0 fully saturated rings. The van der Waals surface area contributed by atoms with Crippen LogP contribution in [0.4, 0.5) is 0 Å². The van der Waals surface area contributed by atoms with E-state index in [4.69, 9.17) is 5.11 Å². The molecule has 0 aliphatic heterocycles. The second-order valence-corrected chi connectivity index (χ2v) is 6.29. The highest BCUT2D eigenvalue weighted by atomic mass is 16.3. The van der Waals surface area contributed by atoms with E-state index in [9.17, 15) is 9.90 Å². The van der Waals surface area contributed by atoms with E-state index in [1.807, 2.05) is 39.0 Å². The fourth-order valence-electron chi connectivity index (χ4n) is 2.11. The number of phenolic OH excluding ortho intramolecular Hbond substituents is 1. The van der Waals surface area contributed by atoms with Crippen molar-refractivity contribution in [2.75, 3.05) is 0 Å². The minimum atomic E-state index is -0.316. The standard InChI is InChI=1S/C10H12O2.C10H14O/c1-7(2)8-4-3-5-9(11)10(12)6-8;1-7(2)9-5-4-8(3)6-10(9)11/h3-7H,1-2H3,(H,11,12);4-7,11H,1-3H3. The van der Waals surface area contributed by atoms with Gasteiger partial charge in [0.2, 0.25) is 5.43 Å². The summed E-state index contributed by atoms with van der Waals surface area (Å²) >= 11 is 0. The van der Waals surface area contributed by atoms with Crippen LogP contribution in [0.25, 0.3) is 0 Å². The maximum absolute atomic E-state index is 11.1. The lowest BCUT2D eigenvalue weighted by atomic mass is 10.0. The quantitative estimate of drug-likeness (QED) is 0.844. The van der Waals surface area contributed by atoms with Gasteiger partial charge in [-0.2, -0.15) is 0 Å². The van der Waals surface area contributed by atoms with Gasteiger partial charge in [-0.15, -0.1) is 0 Å². The van der Waals surface area contributed by atoms with Crippen LogP contribution in [0.5, 0.6) is 11.5 Å². The molecule has 0 amide bonds. The van der Waals surface area contributed by atoms with Gasteiger partial charge < -0.3 is 10.2 Å². The van der Waals surface area contributed by atoms with E-state index in [0.29, 0.717) is 17.6 Å². The van der Waals surface area contributed by atoms with Gasteiger partial charge in [0.1, 0.15) is 5.75 Å². The van der Waals surface area contributed by atoms with E-state index >= 15 is 0 Å². The van der Waals surface area contributed by atoms with E-state index in [1.165, 1.54) is 12.1 Å². The van der Waals surface area contributed by atoms with Gasteiger partial charge in [-0.25, -0.2) is 0 Å². The monoisotopic (exact) mass is 314 g/mol. The number of benzene rings is 1. The van der Waals surface area contributed by atoms with Gasteiger partial charge in [0.15, 0.2) is 5.75 Å². The lowest BCUT2D eigenvalue weighted by Gasteiger charge is -2.07. The van der Waals surface area contributed by atoms with Crippen molar-refractivity contribution in [1.82, 2.24) is 0 Å². The second kappa shape index (κ2) is 8.37. The van der Waals surface area contributed by atoms with Crippen LogP contribution in [0.3, 0.4) is 0 Å². The molecule has 0 radical (unpaired) electrons. The molecule has 2 N–H and O–H groups in total. The number of hydrogen-bond acceptors (Lipinski definition) is 3. The topological polar surface area (TPSA) is 57.5 Å². The lowest BCUT2D eigenvalue weighted by Crippen LogP contribution is -1.96. The fourth-order valence-corrected chi connectivity index (χ4v) is 2.11. The highest BCUT2D eigenvalue weighted by Crippen LogP contribution is 2.25. The summed E-state index contributed by atoms with van der Waals surface area (Å²) in [6, 6.07) is 12.2. The first-order valence-electron chi connectivity index (χ1n) is 7.85. The Labute approximate surface area is 138 Å². The van der Waals surface area contributed by atoms with Crippen LogP contribution in [0.15, 0.2) is 47.3 Å². The molecule has 124 valence electrons. The summed E-state index contributed by atoms with van der Waals surface area (Å²) in [6.07, 6.45) is 0. The number of rotatable bonds is 2. The van der Waals surface area contributed by atoms with Crippen molar-refractivity contribution in [3.63, 3.8) is 0 Å². The summed E-state index contributed by atoms with van der Waals surface area (Å²) in [7, 11) is 0. The van der Waals surface area contributed by atoms with Crippen LogP contribution >= 0.6 is 0 Å². The summed E-state index contributed by atoms with van der Waals surface area (Å²) in [5.74, 6) is 0.932. The summed E-state index contributed by atoms with van der Waals surface area (Å²) in [4.78, 5) is 11.1. The van der Waals surface area contributed by atoms with Gasteiger partial charge >= 0.3 is 0 Å². The van der Waals surface area contributed by atoms with Crippen LogP contribution < -0.4 is 5.43 Å². The van der Waals surface area contributed by atoms with Gasteiger partial charge in [0.05, 0.1) is 0 Å². The van der Waals surface area contributed by atoms with E-state index in [0.717, 1.165) is 16.7 Å². The van der Waals surface area contributed by atoms with Crippen molar-refractivity contribution in [2.45, 2.75) is 46.5 Å². The molecule has 23 heavy (non-hydrogen) atoms. The molecule has 0 saturated carbocycles. The third-order valence-electron chi connectivity index (χ3n) is 3.57. The maximum atomic E-state index is 11.1. The van der Waals surface area contributed by atoms with Crippen LogP contribution in [0, 0.1) is 6.92 Å². The molecule has 0 spiro atoms. The molecule has 0 unspecified atom stereocenters. The molecule has 2 rings (SSSR count). The van der Waals surface area contributed by atoms with Gasteiger partial charge in [-0.05, 0) is 53.6 Å². The Morgan fingerprint density at radius 3 is 2.00 bits per heavy atom. The average Bonchev–Trinajstić information content (AvgIpc) is 2.61. The van der Waals surface area contributed by atoms with Crippen molar-refractivity contribution in [2.24, 2.45) is 0 Å². The van der Waals surface area contributed by atoms with Crippen LogP contribution in [-0.4, -0.2) is 10.2 Å². The van der Waals surface area contributed by atoms with Gasteiger partial charge in [0.25, 0.3) is 0 Å². The molecule has 0 aliphatic carbocycles. The molecule has 0 atom stereocenters. The Balaban J connectivity index is 0.000000231.